The monoisotopic (exact) mass is 369 g/mol. The third-order valence-corrected chi connectivity index (χ3v) is 5.40. The Morgan fingerprint density at radius 1 is 1.12 bits per heavy atom. The summed E-state index contributed by atoms with van der Waals surface area (Å²) < 4.78 is 5.42. The van der Waals surface area contributed by atoms with Crippen molar-refractivity contribution in [1.82, 2.24) is 5.32 Å². The van der Waals surface area contributed by atoms with Crippen LogP contribution in [0, 0.1) is 0 Å². The van der Waals surface area contributed by atoms with Crippen molar-refractivity contribution in [1.29, 1.82) is 0 Å². The zero-order valence-electron chi connectivity index (χ0n) is 15.2. The molecule has 0 aliphatic heterocycles. The smallest absolute Gasteiger partial charge is 0.251 e. The van der Waals surface area contributed by atoms with E-state index in [1.54, 1.807) is 12.1 Å². The molecule has 3 aromatic rings. The maximum atomic E-state index is 12.5. The van der Waals surface area contributed by atoms with Crippen molar-refractivity contribution < 1.29 is 14.3 Å². The molecule has 2 heterocycles. The minimum atomic E-state index is -1.39. The van der Waals surface area contributed by atoms with Gasteiger partial charge in [0.25, 0.3) is 5.91 Å². The van der Waals surface area contributed by atoms with Gasteiger partial charge in [0.05, 0.1) is 12.8 Å². The molecule has 0 aliphatic carbocycles. The summed E-state index contributed by atoms with van der Waals surface area (Å²) in [6.07, 6.45) is 1.51. The molecule has 1 amide bonds. The van der Waals surface area contributed by atoms with E-state index in [1.807, 2.05) is 41.8 Å². The SMILES string of the molecule is CC(C)(C)c1ccc(C(=O)NCC(O)(c2ccco2)c2cccs2)cc1. The fraction of sp³-hybridized carbons (Fsp3) is 0.286. The Morgan fingerprint density at radius 3 is 2.38 bits per heavy atom. The van der Waals surface area contributed by atoms with Gasteiger partial charge in [0, 0.05) is 10.4 Å². The minimum Gasteiger partial charge on any atom is -0.466 e. The molecule has 26 heavy (non-hydrogen) atoms. The lowest BCUT2D eigenvalue weighted by molar-refractivity contribution is 0.0554. The standard InChI is InChI=1S/C21H23NO3S/c1-20(2,3)16-10-8-15(9-11-16)19(23)22-14-21(24,17-6-4-12-25-17)18-7-5-13-26-18/h4-13,24H,14H2,1-3H3,(H,22,23). The largest absolute Gasteiger partial charge is 0.466 e. The van der Waals surface area contributed by atoms with E-state index in [4.69, 9.17) is 4.42 Å². The highest BCUT2D eigenvalue weighted by Gasteiger charge is 2.36. The second-order valence-corrected chi connectivity index (χ2v) is 8.27. The van der Waals surface area contributed by atoms with Gasteiger partial charge >= 0.3 is 0 Å². The number of thiophene rings is 1. The number of amides is 1. The molecule has 5 heteroatoms. The van der Waals surface area contributed by atoms with Gasteiger partial charge in [0.1, 0.15) is 5.76 Å². The molecule has 4 nitrogen and oxygen atoms in total. The van der Waals surface area contributed by atoms with Crippen LogP contribution in [0.3, 0.4) is 0 Å². The molecule has 136 valence electrons. The summed E-state index contributed by atoms with van der Waals surface area (Å²) in [5, 5.41) is 15.9. The fourth-order valence-corrected chi connectivity index (χ4v) is 3.58. The number of rotatable bonds is 5. The fourth-order valence-electron chi connectivity index (χ4n) is 2.76. The first kappa shape index (κ1) is 18.4. The summed E-state index contributed by atoms with van der Waals surface area (Å²) in [5.74, 6) is 0.176. The van der Waals surface area contributed by atoms with Gasteiger partial charge in [-0.3, -0.25) is 4.79 Å². The van der Waals surface area contributed by atoms with Crippen molar-refractivity contribution in [3.8, 4) is 0 Å². The summed E-state index contributed by atoms with van der Waals surface area (Å²) in [4.78, 5) is 13.3. The number of nitrogens with one attached hydrogen (secondary N) is 1. The van der Waals surface area contributed by atoms with Crippen LogP contribution in [0.15, 0.2) is 64.6 Å². The van der Waals surface area contributed by atoms with Gasteiger partial charge in [-0.25, -0.2) is 0 Å². The summed E-state index contributed by atoms with van der Waals surface area (Å²) in [6, 6.07) is 14.7. The van der Waals surface area contributed by atoms with E-state index in [0.29, 0.717) is 11.3 Å². The Hall–Kier alpha value is -2.37. The molecular formula is C21H23NO3S. The lowest BCUT2D eigenvalue weighted by Crippen LogP contribution is -2.41. The molecule has 1 atom stereocenters. The Balaban J connectivity index is 1.76. The first-order chi connectivity index (χ1) is 12.3. The van der Waals surface area contributed by atoms with Crippen molar-refractivity contribution in [2.24, 2.45) is 0 Å². The average molecular weight is 369 g/mol. The first-order valence-electron chi connectivity index (χ1n) is 8.50. The van der Waals surface area contributed by atoms with Gasteiger partial charge in [-0.05, 0) is 46.7 Å². The number of hydrogen-bond donors (Lipinski definition) is 2. The molecule has 0 aliphatic rings. The van der Waals surface area contributed by atoms with Crippen LogP contribution in [0.4, 0.5) is 0 Å². The van der Waals surface area contributed by atoms with E-state index >= 15 is 0 Å². The van der Waals surface area contributed by atoms with Gasteiger partial charge in [0.15, 0.2) is 5.60 Å². The van der Waals surface area contributed by atoms with Crippen LogP contribution in [0.1, 0.15) is 47.3 Å². The molecule has 0 radical (unpaired) electrons. The first-order valence-corrected chi connectivity index (χ1v) is 9.38. The van der Waals surface area contributed by atoms with Crippen LogP contribution >= 0.6 is 11.3 Å². The zero-order valence-corrected chi connectivity index (χ0v) is 16.0. The highest BCUT2D eigenvalue weighted by atomic mass is 32.1. The minimum absolute atomic E-state index is 0.0287. The van der Waals surface area contributed by atoms with Crippen LogP contribution in [-0.2, 0) is 11.0 Å². The van der Waals surface area contributed by atoms with Gasteiger partial charge < -0.3 is 14.8 Å². The number of hydrogen-bond acceptors (Lipinski definition) is 4. The van der Waals surface area contributed by atoms with Crippen molar-refractivity contribution in [3.63, 3.8) is 0 Å². The topological polar surface area (TPSA) is 62.5 Å². The maximum Gasteiger partial charge on any atom is 0.251 e. The molecule has 2 N–H and O–H groups in total. The van der Waals surface area contributed by atoms with E-state index in [2.05, 4.69) is 26.1 Å². The number of carbonyl (C=O) groups excluding carboxylic acids is 1. The number of carbonyl (C=O) groups is 1. The predicted octanol–water partition coefficient (Wildman–Crippen LogP) is 4.30. The zero-order chi connectivity index (χ0) is 18.8. The van der Waals surface area contributed by atoms with Crippen molar-refractivity contribution in [3.05, 3.63) is 81.9 Å². The quantitative estimate of drug-likeness (QED) is 0.705. The van der Waals surface area contributed by atoms with E-state index in [0.717, 1.165) is 4.88 Å². The van der Waals surface area contributed by atoms with E-state index in [1.165, 1.54) is 23.2 Å². The van der Waals surface area contributed by atoms with E-state index in [-0.39, 0.29) is 17.9 Å². The summed E-state index contributed by atoms with van der Waals surface area (Å²) in [7, 11) is 0. The second-order valence-electron chi connectivity index (χ2n) is 7.32. The normalized spacial score (nSPS) is 14.0. The Kier molecular flexibility index (Phi) is 5.03. The molecule has 0 bridgehead atoms. The van der Waals surface area contributed by atoms with E-state index < -0.39 is 5.60 Å². The Labute approximate surface area is 157 Å². The Bertz CT molecular complexity index is 810. The van der Waals surface area contributed by atoms with Gasteiger partial charge in [0.2, 0.25) is 0 Å². The van der Waals surface area contributed by atoms with Crippen molar-refractivity contribution in [2.75, 3.05) is 6.54 Å². The molecule has 2 aromatic heterocycles. The summed E-state index contributed by atoms with van der Waals surface area (Å²) in [5.41, 5.74) is 0.373. The van der Waals surface area contributed by atoms with Crippen LogP contribution in [0.25, 0.3) is 0 Å². The lowest BCUT2D eigenvalue weighted by Gasteiger charge is -2.25. The summed E-state index contributed by atoms with van der Waals surface area (Å²) in [6.45, 7) is 6.42. The number of furan rings is 1. The second kappa shape index (κ2) is 7.09. The predicted molar refractivity (Wildman–Crippen MR) is 104 cm³/mol. The van der Waals surface area contributed by atoms with Crippen molar-refractivity contribution in [2.45, 2.75) is 31.8 Å². The summed E-state index contributed by atoms with van der Waals surface area (Å²) >= 11 is 1.42. The highest BCUT2D eigenvalue weighted by Crippen LogP contribution is 2.32. The molecular weight excluding hydrogens is 346 g/mol. The Morgan fingerprint density at radius 2 is 1.85 bits per heavy atom. The van der Waals surface area contributed by atoms with Gasteiger partial charge in [-0.2, -0.15) is 0 Å². The maximum absolute atomic E-state index is 12.5. The number of benzene rings is 1. The molecule has 1 unspecified atom stereocenters. The molecule has 0 saturated carbocycles. The van der Waals surface area contributed by atoms with Gasteiger partial charge in [-0.15, -0.1) is 11.3 Å². The van der Waals surface area contributed by atoms with Crippen LogP contribution in [0.5, 0.6) is 0 Å². The number of aliphatic hydroxyl groups is 1. The molecule has 1 aromatic carbocycles. The average Bonchev–Trinajstić information content (AvgIpc) is 3.32. The van der Waals surface area contributed by atoms with Crippen LogP contribution in [0.2, 0.25) is 0 Å². The van der Waals surface area contributed by atoms with Crippen LogP contribution in [-0.4, -0.2) is 17.6 Å². The van der Waals surface area contributed by atoms with E-state index in [9.17, 15) is 9.90 Å². The third-order valence-electron chi connectivity index (χ3n) is 4.38. The lowest BCUT2D eigenvalue weighted by atomic mass is 9.86. The van der Waals surface area contributed by atoms with Gasteiger partial charge in [-0.1, -0.05) is 39.0 Å². The highest BCUT2D eigenvalue weighted by molar-refractivity contribution is 7.10. The van der Waals surface area contributed by atoms with Crippen molar-refractivity contribution >= 4 is 17.2 Å². The molecule has 0 fully saturated rings. The third kappa shape index (κ3) is 3.74. The molecule has 0 saturated heterocycles. The molecule has 3 rings (SSSR count). The molecule has 0 spiro atoms. The van der Waals surface area contributed by atoms with Crippen LogP contribution < -0.4 is 5.32 Å².